The van der Waals surface area contributed by atoms with Crippen molar-refractivity contribution >= 4 is 16.9 Å². The summed E-state index contributed by atoms with van der Waals surface area (Å²) < 4.78 is 0. The number of benzene rings is 1. The zero-order chi connectivity index (χ0) is 12.7. The number of rotatable bonds is 3. The van der Waals surface area contributed by atoms with Crippen molar-refractivity contribution in [2.24, 2.45) is 5.92 Å². The molecular formula is C15H18OS. The average molecular weight is 246 g/mol. The third-order valence-electron chi connectivity index (χ3n) is 2.18. The molecule has 90 valence electrons. The zero-order valence-corrected chi connectivity index (χ0v) is 11.4. The van der Waals surface area contributed by atoms with Gasteiger partial charge >= 0.3 is 0 Å². The van der Waals surface area contributed by atoms with Gasteiger partial charge in [0.1, 0.15) is 0 Å². The minimum Gasteiger partial charge on any atom is -0.288 e. The standard InChI is InChI=1S/C15H18OS/c1-12(2)11-15-8-6-14(7-9-15)5-4-10-17-13(3)16/h6-9,12H,10-11H2,1-3H3. The van der Waals surface area contributed by atoms with Crippen molar-refractivity contribution in [1.82, 2.24) is 0 Å². The van der Waals surface area contributed by atoms with Crippen molar-refractivity contribution in [2.75, 3.05) is 5.75 Å². The Morgan fingerprint density at radius 1 is 1.29 bits per heavy atom. The molecule has 0 aromatic heterocycles. The molecule has 0 spiro atoms. The van der Waals surface area contributed by atoms with E-state index in [2.05, 4.69) is 37.8 Å². The molecule has 0 saturated carbocycles. The normalized spacial score (nSPS) is 9.88. The van der Waals surface area contributed by atoms with Crippen molar-refractivity contribution in [3.63, 3.8) is 0 Å². The van der Waals surface area contributed by atoms with E-state index in [4.69, 9.17) is 0 Å². The van der Waals surface area contributed by atoms with Crippen LogP contribution in [0.2, 0.25) is 0 Å². The maximum absolute atomic E-state index is 10.7. The van der Waals surface area contributed by atoms with Gasteiger partial charge in [0.2, 0.25) is 0 Å². The second-order valence-corrected chi connectivity index (χ2v) is 5.53. The first-order chi connectivity index (χ1) is 8.08. The summed E-state index contributed by atoms with van der Waals surface area (Å²) >= 11 is 1.25. The van der Waals surface area contributed by atoms with Crippen LogP contribution in [0.25, 0.3) is 0 Å². The molecule has 0 bridgehead atoms. The summed E-state index contributed by atoms with van der Waals surface area (Å²) in [7, 11) is 0. The molecule has 0 radical (unpaired) electrons. The fourth-order valence-corrected chi connectivity index (χ4v) is 1.82. The molecule has 1 aromatic carbocycles. The highest BCUT2D eigenvalue weighted by Crippen LogP contribution is 2.09. The van der Waals surface area contributed by atoms with E-state index in [1.807, 2.05) is 12.1 Å². The smallest absolute Gasteiger partial charge is 0.186 e. The number of carbonyl (C=O) groups excluding carboxylic acids is 1. The predicted octanol–water partition coefficient (Wildman–Crippen LogP) is 3.52. The third kappa shape index (κ3) is 6.19. The minimum atomic E-state index is 0.117. The Bertz CT molecular complexity index is 420. The second-order valence-electron chi connectivity index (χ2n) is 4.38. The Hall–Kier alpha value is -1.20. The topological polar surface area (TPSA) is 17.1 Å². The molecule has 0 amide bonds. The van der Waals surface area contributed by atoms with E-state index in [0.717, 1.165) is 12.0 Å². The van der Waals surface area contributed by atoms with Gasteiger partial charge in [-0.1, -0.05) is 49.6 Å². The fraction of sp³-hybridized carbons (Fsp3) is 0.400. The van der Waals surface area contributed by atoms with Crippen molar-refractivity contribution in [3.05, 3.63) is 35.4 Å². The Morgan fingerprint density at radius 2 is 1.94 bits per heavy atom. The molecule has 0 heterocycles. The Balaban J connectivity index is 2.53. The van der Waals surface area contributed by atoms with Crippen LogP contribution >= 0.6 is 11.8 Å². The van der Waals surface area contributed by atoms with Crippen molar-refractivity contribution in [1.29, 1.82) is 0 Å². The van der Waals surface area contributed by atoms with E-state index in [9.17, 15) is 4.79 Å². The second kappa shape index (κ2) is 7.19. The number of carbonyl (C=O) groups is 1. The summed E-state index contributed by atoms with van der Waals surface area (Å²) in [6.45, 7) is 5.99. The first-order valence-corrected chi connectivity index (χ1v) is 6.77. The van der Waals surface area contributed by atoms with Gasteiger partial charge in [-0.15, -0.1) is 0 Å². The largest absolute Gasteiger partial charge is 0.288 e. The molecule has 0 atom stereocenters. The Morgan fingerprint density at radius 3 is 2.47 bits per heavy atom. The van der Waals surface area contributed by atoms with Crippen molar-refractivity contribution in [2.45, 2.75) is 27.2 Å². The van der Waals surface area contributed by atoms with E-state index in [1.54, 1.807) is 6.92 Å². The van der Waals surface area contributed by atoms with Crippen LogP contribution in [-0.4, -0.2) is 10.9 Å². The van der Waals surface area contributed by atoms with Gasteiger partial charge in [0.05, 0.1) is 5.75 Å². The monoisotopic (exact) mass is 246 g/mol. The van der Waals surface area contributed by atoms with Crippen LogP contribution < -0.4 is 0 Å². The molecule has 0 unspecified atom stereocenters. The lowest BCUT2D eigenvalue weighted by molar-refractivity contribution is -0.109. The third-order valence-corrected chi connectivity index (χ3v) is 2.87. The SMILES string of the molecule is CC(=O)SCC#Cc1ccc(CC(C)C)cc1. The van der Waals surface area contributed by atoms with Gasteiger partial charge in [-0.05, 0) is 30.0 Å². The van der Waals surface area contributed by atoms with Crippen LogP contribution in [-0.2, 0) is 11.2 Å². The maximum atomic E-state index is 10.7. The predicted molar refractivity (Wildman–Crippen MR) is 75.0 cm³/mol. The number of hydrogen-bond donors (Lipinski definition) is 0. The van der Waals surface area contributed by atoms with E-state index in [-0.39, 0.29) is 5.12 Å². The van der Waals surface area contributed by atoms with Crippen LogP contribution in [0.4, 0.5) is 0 Å². The van der Waals surface area contributed by atoms with E-state index in [0.29, 0.717) is 11.7 Å². The molecule has 1 rings (SSSR count). The highest BCUT2D eigenvalue weighted by Gasteiger charge is 1.96. The maximum Gasteiger partial charge on any atom is 0.186 e. The highest BCUT2D eigenvalue weighted by molar-refractivity contribution is 8.13. The van der Waals surface area contributed by atoms with Gasteiger partial charge in [0.15, 0.2) is 5.12 Å². The molecular weight excluding hydrogens is 228 g/mol. The molecule has 0 saturated heterocycles. The molecule has 1 nitrogen and oxygen atoms in total. The number of hydrogen-bond acceptors (Lipinski definition) is 2. The van der Waals surface area contributed by atoms with Gasteiger partial charge in [-0.3, -0.25) is 4.79 Å². The molecule has 0 N–H and O–H groups in total. The van der Waals surface area contributed by atoms with Crippen LogP contribution in [0.3, 0.4) is 0 Å². The van der Waals surface area contributed by atoms with Gasteiger partial charge < -0.3 is 0 Å². The van der Waals surface area contributed by atoms with E-state index in [1.165, 1.54) is 17.3 Å². The van der Waals surface area contributed by atoms with Gasteiger partial charge in [-0.2, -0.15) is 0 Å². The lowest BCUT2D eigenvalue weighted by Gasteiger charge is -2.04. The highest BCUT2D eigenvalue weighted by atomic mass is 32.2. The molecule has 17 heavy (non-hydrogen) atoms. The van der Waals surface area contributed by atoms with Crippen LogP contribution in [0.1, 0.15) is 31.9 Å². The van der Waals surface area contributed by atoms with Crippen molar-refractivity contribution in [3.8, 4) is 11.8 Å². The summed E-state index contributed by atoms with van der Waals surface area (Å²) in [5.74, 6) is 7.29. The lowest BCUT2D eigenvalue weighted by Crippen LogP contribution is -1.93. The van der Waals surface area contributed by atoms with Gasteiger partial charge in [0, 0.05) is 12.5 Å². The molecule has 0 fully saturated rings. The summed E-state index contributed by atoms with van der Waals surface area (Å²) in [4.78, 5) is 10.7. The van der Waals surface area contributed by atoms with E-state index < -0.39 is 0 Å². The van der Waals surface area contributed by atoms with Gasteiger partial charge in [-0.25, -0.2) is 0 Å². The molecule has 1 aromatic rings. The quantitative estimate of drug-likeness (QED) is 0.759. The summed E-state index contributed by atoms with van der Waals surface area (Å²) in [5, 5.41) is 0.117. The molecule has 0 aliphatic rings. The van der Waals surface area contributed by atoms with Crippen LogP contribution in [0, 0.1) is 17.8 Å². The van der Waals surface area contributed by atoms with Crippen LogP contribution in [0.15, 0.2) is 24.3 Å². The van der Waals surface area contributed by atoms with Gasteiger partial charge in [0.25, 0.3) is 0 Å². The minimum absolute atomic E-state index is 0.117. The summed E-state index contributed by atoms with van der Waals surface area (Å²) in [6, 6.07) is 8.34. The zero-order valence-electron chi connectivity index (χ0n) is 10.6. The molecule has 0 aliphatic heterocycles. The summed E-state index contributed by atoms with van der Waals surface area (Å²) in [6.07, 6.45) is 1.11. The first kappa shape index (κ1) is 13.9. The van der Waals surface area contributed by atoms with Crippen molar-refractivity contribution < 1.29 is 4.79 Å². The average Bonchev–Trinajstić information content (AvgIpc) is 2.25. The van der Waals surface area contributed by atoms with E-state index >= 15 is 0 Å². The van der Waals surface area contributed by atoms with Crippen LogP contribution in [0.5, 0.6) is 0 Å². The Kier molecular flexibility index (Phi) is 5.86. The summed E-state index contributed by atoms with van der Waals surface area (Å²) in [5.41, 5.74) is 2.37. The lowest BCUT2D eigenvalue weighted by atomic mass is 10.0. The Labute approximate surface area is 108 Å². The molecule has 0 aliphatic carbocycles. The first-order valence-electron chi connectivity index (χ1n) is 5.79. The fourth-order valence-electron chi connectivity index (χ4n) is 1.47. The number of thioether (sulfide) groups is 1. The molecule has 2 heteroatoms.